The largest absolute Gasteiger partial charge is 0.437 e. The third-order valence-corrected chi connectivity index (χ3v) is 2.80. The van der Waals surface area contributed by atoms with Gasteiger partial charge in [0.1, 0.15) is 5.58 Å². The predicted octanol–water partition coefficient (Wildman–Crippen LogP) is 2.23. The van der Waals surface area contributed by atoms with Gasteiger partial charge >= 0.3 is 0 Å². The molecule has 0 spiro atoms. The van der Waals surface area contributed by atoms with Crippen molar-refractivity contribution in [2.45, 2.75) is 6.92 Å². The van der Waals surface area contributed by atoms with Crippen LogP contribution in [0.5, 0.6) is 0 Å². The molecule has 0 saturated carbocycles. The smallest absolute Gasteiger partial charge is 0.230 e. The molecule has 0 unspecified atom stereocenters. The lowest BCUT2D eigenvalue weighted by atomic mass is 10.1. The predicted molar refractivity (Wildman–Crippen MR) is 66.9 cm³/mol. The number of para-hydroxylation sites is 1. The van der Waals surface area contributed by atoms with E-state index in [0.717, 1.165) is 0 Å². The summed E-state index contributed by atoms with van der Waals surface area (Å²) in [5.74, 6) is 0. The summed E-state index contributed by atoms with van der Waals surface area (Å²) in [6, 6.07) is 8.73. The molecule has 0 bridgehead atoms. The Hall–Kier alpha value is -2.36. The molecule has 0 aliphatic heterocycles. The summed E-state index contributed by atoms with van der Waals surface area (Å²) in [4.78, 5) is 16.4. The van der Waals surface area contributed by atoms with E-state index in [2.05, 4.69) is 4.98 Å². The number of hydrogen-bond donors (Lipinski definition) is 1. The number of nitrogen functional groups attached to an aromatic ring is 1. The topological polar surface area (TPSA) is 69.1 Å². The Bertz CT molecular complexity index is 790. The molecule has 0 amide bonds. The molecule has 1 aromatic carbocycles. The van der Waals surface area contributed by atoms with Gasteiger partial charge in [-0.2, -0.15) is 0 Å². The van der Waals surface area contributed by atoms with Crippen molar-refractivity contribution in [2.24, 2.45) is 0 Å². The fourth-order valence-electron chi connectivity index (χ4n) is 1.83. The highest BCUT2D eigenvalue weighted by Crippen LogP contribution is 2.19. The molecule has 2 heterocycles. The van der Waals surface area contributed by atoms with E-state index in [9.17, 15) is 4.79 Å². The van der Waals surface area contributed by atoms with Crippen LogP contribution in [0.25, 0.3) is 22.1 Å². The maximum atomic E-state index is 12.2. The highest BCUT2D eigenvalue weighted by Gasteiger charge is 2.09. The Morgan fingerprint density at radius 2 is 2.00 bits per heavy atom. The lowest BCUT2D eigenvalue weighted by molar-refractivity contribution is 0.643. The maximum Gasteiger partial charge on any atom is 0.230 e. The molecule has 0 fully saturated rings. The van der Waals surface area contributed by atoms with Crippen LogP contribution in [-0.4, -0.2) is 4.98 Å². The van der Waals surface area contributed by atoms with Crippen LogP contribution in [0.4, 0.5) is 5.69 Å². The highest BCUT2D eigenvalue weighted by molar-refractivity contribution is 5.89. The number of pyridine rings is 1. The molecule has 4 heteroatoms. The van der Waals surface area contributed by atoms with E-state index < -0.39 is 0 Å². The van der Waals surface area contributed by atoms with Gasteiger partial charge in [0.2, 0.25) is 11.1 Å². The van der Waals surface area contributed by atoms with Crippen LogP contribution >= 0.6 is 0 Å². The van der Waals surface area contributed by atoms with Gasteiger partial charge in [-0.25, -0.2) is 4.98 Å². The van der Waals surface area contributed by atoms with Crippen molar-refractivity contribution in [3.63, 3.8) is 0 Å². The first-order chi connectivity index (χ1) is 8.16. The second kappa shape index (κ2) is 3.31. The van der Waals surface area contributed by atoms with E-state index in [1.54, 1.807) is 31.2 Å². The summed E-state index contributed by atoms with van der Waals surface area (Å²) in [6.07, 6.45) is 0. The van der Waals surface area contributed by atoms with E-state index in [-0.39, 0.29) is 5.43 Å². The SMILES string of the molecule is Cc1nc2oc3ccccc3c(=O)c2cc1N. The molecule has 3 aromatic rings. The number of benzene rings is 1. The van der Waals surface area contributed by atoms with Gasteiger partial charge < -0.3 is 10.2 Å². The number of rotatable bonds is 0. The van der Waals surface area contributed by atoms with Crippen molar-refractivity contribution in [3.05, 3.63) is 46.2 Å². The second-order valence-corrected chi connectivity index (χ2v) is 3.94. The van der Waals surface area contributed by atoms with Gasteiger partial charge in [0.15, 0.2) is 0 Å². The number of nitrogens with two attached hydrogens (primary N) is 1. The first kappa shape index (κ1) is 9.84. The average molecular weight is 226 g/mol. The number of fused-ring (bicyclic) bond motifs is 2. The summed E-state index contributed by atoms with van der Waals surface area (Å²) in [5.41, 5.74) is 7.70. The van der Waals surface area contributed by atoms with Crippen LogP contribution in [0.3, 0.4) is 0 Å². The van der Waals surface area contributed by atoms with Gasteiger partial charge in [-0.15, -0.1) is 0 Å². The highest BCUT2D eigenvalue weighted by atomic mass is 16.3. The summed E-state index contributed by atoms with van der Waals surface area (Å²) >= 11 is 0. The van der Waals surface area contributed by atoms with Crippen molar-refractivity contribution < 1.29 is 4.42 Å². The molecule has 0 radical (unpaired) electrons. The Morgan fingerprint density at radius 3 is 2.82 bits per heavy atom. The van der Waals surface area contributed by atoms with Crippen LogP contribution in [0.15, 0.2) is 39.5 Å². The maximum absolute atomic E-state index is 12.2. The van der Waals surface area contributed by atoms with Crippen molar-refractivity contribution in [1.29, 1.82) is 0 Å². The van der Waals surface area contributed by atoms with Crippen molar-refractivity contribution >= 4 is 27.8 Å². The summed E-state index contributed by atoms with van der Waals surface area (Å²) < 4.78 is 5.60. The second-order valence-electron chi connectivity index (χ2n) is 3.94. The Labute approximate surface area is 96.7 Å². The Morgan fingerprint density at radius 1 is 1.24 bits per heavy atom. The van der Waals surface area contributed by atoms with Gasteiger partial charge in [-0.1, -0.05) is 12.1 Å². The van der Waals surface area contributed by atoms with Crippen LogP contribution in [0.2, 0.25) is 0 Å². The molecule has 2 aromatic heterocycles. The van der Waals surface area contributed by atoms with Crippen molar-refractivity contribution in [1.82, 2.24) is 4.98 Å². The van der Waals surface area contributed by atoms with Gasteiger partial charge in [0.25, 0.3) is 0 Å². The fourth-order valence-corrected chi connectivity index (χ4v) is 1.83. The van der Waals surface area contributed by atoms with Crippen LogP contribution in [0.1, 0.15) is 5.69 Å². The molecule has 4 nitrogen and oxygen atoms in total. The summed E-state index contributed by atoms with van der Waals surface area (Å²) in [6.45, 7) is 1.78. The molecular weight excluding hydrogens is 216 g/mol. The van der Waals surface area contributed by atoms with Crippen LogP contribution in [0, 0.1) is 6.92 Å². The van der Waals surface area contributed by atoms with Gasteiger partial charge in [0, 0.05) is 0 Å². The Kier molecular flexibility index (Phi) is 1.92. The van der Waals surface area contributed by atoms with Crippen molar-refractivity contribution in [3.8, 4) is 0 Å². The normalized spacial score (nSPS) is 11.1. The summed E-state index contributed by atoms with van der Waals surface area (Å²) in [7, 11) is 0. The molecule has 0 atom stereocenters. The lowest BCUT2D eigenvalue weighted by Gasteiger charge is -2.03. The minimum atomic E-state index is -0.0962. The van der Waals surface area contributed by atoms with Gasteiger partial charge in [0.05, 0.1) is 22.2 Å². The number of aryl methyl sites for hydroxylation is 1. The zero-order valence-corrected chi connectivity index (χ0v) is 9.23. The van der Waals surface area contributed by atoms with Gasteiger partial charge in [-0.05, 0) is 25.1 Å². The van der Waals surface area contributed by atoms with Crippen molar-refractivity contribution in [2.75, 3.05) is 5.73 Å². The summed E-state index contributed by atoms with van der Waals surface area (Å²) in [5, 5.41) is 0.969. The number of anilines is 1. The fraction of sp³-hybridized carbons (Fsp3) is 0.0769. The quantitative estimate of drug-likeness (QED) is 0.597. The zero-order valence-electron chi connectivity index (χ0n) is 9.23. The standard InChI is InChI=1S/C13H10N2O2/c1-7-10(14)6-9-12(16)8-4-2-3-5-11(8)17-13(9)15-7/h2-6H,14H2,1H3. The Balaban J connectivity index is 2.60. The lowest BCUT2D eigenvalue weighted by Crippen LogP contribution is -2.05. The number of aromatic nitrogens is 1. The van der Waals surface area contributed by atoms with E-state index in [1.165, 1.54) is 0 Å². The van der Waals surface area contributed by atoms with E-state index in [0.29, 0.717) is 33.5 Å². The molecule has 0 saturated heterocycles. The molecule has 0 aliphatic rings. The zero-order chi connectivity index (χ0) is 12.0. The van der Waals surface area contributed by atoms with E-state index in [1.807, 2.05) is 6.07 Å². The van der Waals surface area contributed by atoms with Gasteiger partial charge in [-0.3, -0.25) is 4.79 Å². The number of hydrogen-bond acceptors (Lipinski definition) is 4. The third kappa shape index (κ3) is 1.38. The first-order valence-corrected chi connectivity index (χ1v) is 5.25. The monoisotopic (exact) mass is 226 g/mol. The molecule has 3 rings (SSSR count). The minimum absolute atomic E-state index is 0.0962. The number of nitrogens with zero attached hydrogens (tertiary/aromatic N) is 1. The van der Waals surface area contributed by atoms with E-state index in [4.69, 9.17) is 10.2 Å². The first-order valence-electron chi connectivity index (χ1n) is 5.25. The molecular formula is C13H10N2O2. The molecule has 17 heavy (non-hydrogen) atoms. The van der Waals surface area contributed by atoms with Crippen LogP contribution < -0.4 is 11.2 Å². The van der Waals surface area contributed by atoms with E-state index >= 15 is 0 Å². The minimum Gasteiger partial charge on any atom is -0.437 e. The molecule has 0 aliphatic carbocycles. The molecule has 2 N–H and O–H groups in total. The average Bonchev–Trinajstić information content (AvgIpc) is 2.32. The molecule has 84 valence electrons. The third-order valence-electron chi connectivity index (χ3n) is 2.80. The van der Waals surface area contributed by atoms with Crippen LogP contribution in [-0.2, 0) is 0 Å².